The van der Waals surface area contributed by atoms with Crippen molar-refractivity contribution in [3.05, 3.63) is 12.7 Å². The van der Waals surface area contributed by atoms with Crippen LogP contribution in [-0.2, 0) is 0 Å². The summed E-state index contributed by atoms with van der Waals surface area (Å²) in [4.78, 5) is 0. The zero-order valence-electron chi connectivity index (χ0n) is 2.28. The Balaban J connectivity index is -0.0000000200. The number of rotatable bonds is 0. The summed E-state index contributed by atoms with van der Waals surface area (Å²) in [6, 6.07) is 0. The standard InChI is InChI=1S/C3H6.2K.2H/c1-3-2;;;;/h3H,1H2,2H3;;;;. The van der Waals surface area contributed by atoms with Crippen LogP contribution in [0.5, 0.6) is 0 Å². The molecule has 2 heteroatoms. The molecule has 0 spiro atoms. The molecule has 22 valence electrons. The Morgan fingerprint density at radius 1 is 1.40 bits per heavy atom. The van der Waals surface area contributed by atoms with Gasteiger partial charge in [0.2, 0.25) is 0 Å². The minimum absolute atomic E-state index is 0. The van der Waals surface area contributed by atoms with Crippen molar-refractivity contribution in [2.24, 2.45) is 0 Å². The third-order valence-electron chi connectivity index (χ3n) is 0. The van der Waals surface area contributed by atoms with Crippen molar-refractivity contribution < 1.29 is 0 Å². The second kappa shape index (κ2) is 15.7. The molecule has 0 saturated heterocycles. The van der Waals surface area contributed by atoms with Crippen LogP contribution in [-0.4, -0.2) is 103 Å². The van der Waals surface area contributed by atoms with Gasteiger partial charge in [0.1, 0.15) is 0 Å². The molecule has 0 aromatic heterocycles. The summed E-state index contributed by atoms with van der Waals surface area (Å²) in [5.74, 6) is 0. The molecular weight excluding hydrogens is 114 g/mol. The molecule has 0 aliphatic carbocycles. The van der Waals surface area contributed by atoms with E-state index in [2.05, 4.69) is 6.58 Å². The summed E-state index contributed by atoms with van der Waals surface area (Å²) in [7, 11) is 0. The molecule has 0 saturated carbocycles. The minimum atomic E-state index is 0. The summed E-state index contributed by atoms with van der Waals surface area (Å²) in [5.41, 5.74) is 0. The first-order chi connectivity index (χ1) is 1.41. The average Bonchev–Trinajstić information content (AvgIpc) is 0.918. The molecule has 0 aromatic rings. The third kappa shape index (κ3) is 19.4. The molecule has 0 unspecified atom stereocenters. The van der Waals surface area contributed by atoms with Gasteiger partial charge in [-0.15, -0.1) is 6.58 Å². The van der Waals surface area contributed by atoms with Crippen LogP contribution in [0, 0.1) is 0 Å². The van der Waals surface area contributed by atoms with Crippen LogP contribution in [0.2, 0.25) is 0 Å². The summed E-state index contributed by atoms with van der Waals surface area (Å²) >= 11 is 0. The monoisotopic (exact) mass is 122 g/mol. The maximum atomic E-state index is 3.36. The van der Waals surface area contributed by atoms with E-state index in [-0.39, 0.29) is 103 Å². The summed E-state index contributed by atoms with van der Waals surface area (Å²) in [6.07, 6.45) is 1.75. The van der Waals surface area contributed by atoms with Crippen LogP contribution in [0.4, 0.5) is 0 Å². The van der Waals surface area contributed by atoms with E-state index in [0.29, 0.717) is 0 Å². The van der Waals surface area contributed by atoms with E-state index >= 15 is 0 Å². The molecule has 0 bridgehead atoms. The van der Waals surface area contributed by atoms with Gasteiger partial charge in [-0.05, 0) is 6.92 Å². The van der Waals surface area contributed by atoms with Crippen LogP contribution in [0.3, 0.4) is 0 Å². The van der Waals surface area contributed by atoms with Gasteiger partial charge in [-0.2, -0.15) is 0 Å². The van der Waals surface area contributed by atoms with E-state index in [9.17, 15) is 0 Å². The summed E-state index contributed by atoms with van der Waals surface area (Å²) in [6.45, 7) is 5.25. The van der Waals surface area contributed by atoms with Gasteiger partial charge in [-0.3, -0.25) is 0 Å². The van der Waals surface area contributed by atoms with Crippen LogP contribution >= 0.6 is 0 Å². The molecule has 0 amide bonds. The fourth-order valence-electron chi connectivity index (χ4n) is 0. The van der Waals surface area contributed by atoms with E-state index in [4.69, 9.17) is 0 Å². The Bertz CT molecular complexity index is 12.4. The molecule has 0 aromatic carbocycles. The van der Waals surface area contributed by atoms with Crippen molar-refractivity contribution in [3.8, 4) is 0 Å². The first kappa shape index (κ1) is 15.7. The molecule has 0 atom stereocenters. The second-order valence-corrected chi connectivity index (χ2v) is 0.408. The molecule has 0 nitrogen and oxygen atoms in total. The van der Waals surface area contributed by atoms with Gasteiger partial charge in [-0.25, -0.2) is 0 Å². The van der Waals surface area contributed by atoms with E-state index in [1.54, 1.807) is 6.08 Å². The van der Waals surface area contributed by atoms with Crippen molar-refractivity contribution in [3.63, 3.8) is 0 Å². The molecular formula is C3H8K2. The normalized spacial score (nSPS) is 2.60. The molecule has 0 radical (unpaired) electrons. The van der Waals surface area contributed by atoms with E-state index < -0.39 is 0 Å². The Morgan fingerprint density at radius 2 is 1.40 bits per heavy atom. The van der Waals surface area contributed by atoms with Gasteiger partial charge < -0.3 is 0 Å². The molecule has 0 aliphatic rings. The van der Waals surface area contributed by atoms with Crippen molar-refractivity contribution >= 4 is 103 Å². The van der Waals surface area contributed by atoms with Gasteiger partial charge in [0.05, 0.1) is 0 Å². The number of hydrogen-bond acceptors (Lipinski definition) is 0. The Morgan fingerprint density at radius 3 is 1.40 bits per heavy atom. The van der Waals surface area contributed by atoms with Crippen molar-refractivity contribution in [1.29, 1.82) is 0 Å². The van der Waals surface area contributed by atoms with Crippen molar-refractivity contribution in [2.45, 2.75) is 6.92 Å². The zero-order valence-corrected chi connectivity index (χ0v) is 2.28. The second-order valence-electron chi connectivity index (χ2n) is 0.408. The fraction of sp³-hybridized carbons (Fsp3) is 0.333. The van der Waals surface area contributed by atoms with Gasteiger partial charge in [0.25, 0.3) is 0 Å². The molecule has 0 aliphatic heterocycles. The quantitative estimate of drug-likeness (QED) is 0.311. The van der Waals surface area contributed by atoms with Gasteiger partial charge in [-0.1, -0.05) is 6.08 Å². The van der Waals surface area contributed by atoms with Gasteiger partial charge >= 0.3 is 103 Å². The maximum absolute atomic E-state index is 3.36. The predicted octanol–water partition coefficient (Wildman–Crippen LogP) is -0.105. The van der Waals surface area contributed by atoms with Crippen LogP contribution in [0.25, 0.3) is 0 Å². The predicted molar refractivity (Wildman–Crippen MR) is 30.2 cm³/mol. The first-order valence-corrected chi connectivity index (χ1v) is 0.986. The van der Waals surface area contributed by atoms with E-state index in [1.165, 1.54) is 0 Å². The topological polar surface area (TPSA) is 0 Å². The first-order valence-electron chi connectivity index (χ1n) is 0.986. The van der Waals surface area contributed by atoms with Crippen LogP contribution in [0.15, 0.2) is 12.7 Å². The molecule has 0 fully saturated rings. The molecule has 0 rings (SSSR count). The Labute approximate surface area is 119 Å². The molecule has 0 N–H and O–H groups in total. The van der Waals surface area contributed by atoms with E-state index in [0.717, 1.165) is 0 Å². The van der Waals surface area contributed by atoms with Gasteiger partial charge in [0, 0.05) is 0 Å². The van der Waals surface area contributed by atoms with Crippen LogP contribution < -0.4 is 0 Å². The zero-order chi connectivity index (χ0) is 2.71. The molecule has 0 heterocycles. The van der Waals surface area contributed by atoms with Crippen LogP contribution in [0.1, 0.15) is 6.92 Å². The summed E-state index contributed by atoms with van der Waals surface area (Å²) < 4.78 is 0. The Kier molecular flexibility index (Phi) is 49.4. The average molecular weight is 122 g/mol. The number of allylic oxidation sites excluding steroid dienone is 1. The third-order valence-corrected chi connectivity index (χ3v) is 0. The molecule has 5 heavy (non-hydrogen) atoms. The van der Waals surface area contributed by atoms with Crippen molar-refractivity contribution in [2.75, 3.05) is 0 Å². The van der Waals surface area contributed by atoms with E-state index in [1.807, 2.05) is 6.92 Å². The number of hydrogen-bond donors (Lipinski definition) is 0. The Hall–Kier alpha value is 3.01. The van der Waals surface area contributed by atoms with Crippen molar-refractivity contribution in [1.82, 2.24) is 0 Å². The van der Waals surface area contributed by atoms with Gasteiger partial charge in [0.15, 0.2) is 0 Å². The SMILES string of the molecule is C=CC.[KH].[KH]. The summed E-state index contributed by atoms with van der Waals surface area (Å²) in [5, 5.41) is 0. The fourth-order valence-corrected chi connectivity index (χ4v) is 0.